The Morgan fingerprint density at radius 2 is 1.79 bits per heavy atom. The van der Waals surface area contributed by atoms with Crippen LogP contribution in [-0.4, -0.2) is 39.4 Å². The van der Waals surface area contributed by atoms with Gasteiger partial charge in [-0.1, -0.05) is 36.4 Å². The van der Waals surface area contributed by atoms with Crippen molar-refractivity contribution in [3.63, 3.8) is 0 Å². The predicted molar refractivity (Wildman–Crippen MR) is 123 cm³/mol. The van der Waals surface area contributed by atoms with Gasteiger partial charge in [-0.05, 0) is 29.8 Å². The van der Waals surface area contributed by atoms with Gasteiger partial charge in [0.1, 0.15) is 18.2 Å². The highest BCUT2D eigenvalue weighted by Gasteiger charge is 2.22. The molecule has 0 fully saturated rings. The van der Waals surface area contributed by atoms with Crippen molar-refractivity contribution in [2.75, 3.05) is 18.4 Å². The number of hydrogen-bond acceptors (Lipinski definition) is 2. The molecule has 0 aliphatic carbocycles. The first-order valence-corrected chi connectivity index (χ1v) is 10.4. The second kappa shape index (κ2) is 11.1. The van der Waals surface area contributed by atoms with Crippen molar-refractivity contribution in [3.05, 3.63) is 102 Å². The number of nitrogens with zero attached hydrogens (tertiary/aromatic N) is 3. The van der Waals surface area contributed by atoms with Crippen molar-refractivity contribution < 1.29 is 18.4 Å². The van der Waals surface area contributed by atoms with Crippen LogP contribution in [0.3, 0.4) is 0 Å². The summed E-state index contributed by atoms with van der Waals surface area (Å²) in [7, 11) is 1.90. The Balaban J connectivity index is 1.76. The minimum absolute atomic E-state index is 0.0731. The molecule has 1 N–H and O–H groups in total. The number of benzene rings is 2. The topological polar surface area (TPSA) is 57.6 Å². The van der Waals surface area contributed by atoms with Gasteiger partial charge in [-0.15, -0.1) is 6.58 Å². The molecular weight excluding hydrogens is 426 g/mol. The van der Waals surface area contributed by atoms with Gasteiger partial charge in [-0.2, -0.15) is 0 Å². The molecule has 0 aliphatic rings. The first kappa shape index (κ1) is 23.7. The first-order valence-electron chi connectivity index (χ1n) is 10.4. The molecule has 0 bridgehead atoms. The van der Waals surface area contributed by atoms with Crippen LogP contribution in [0, 0.1) is 11.6 Å². The van der Waals surface area contributed by atoms with Gasteiger partial charge in [-0.3, -0.25) is 4.79 Å². The maximum Gasteiger partial charge on any atom is 0.322 e. The summed E-state index contributed by atoms with van der Waals surface area (Å²) in [5, 5.41) is 2.39. The summed E-state index contributed by atoms with van der Waals surface area (Å²) >= 11 is 0. The van der Waals surface area contributed by atoms with Crippen LogP contribution in [0.15, 0.2) is 79.5 Å². The number of hydrogen-bond donors (Lipinski definition) is 1. The highest BCUT2D eigenvalue weighted by Crippen LogP contribution is 2.16. The third-order valence-electron chi connectivity index (χ3n) is 5.11. The lowest BCUT2D eigenvalue weighted by molar-refractivity contribution is -0.133. The summed E-state index contributed by atoms with van der Waals surface area (Å²) in [6.45, 7) is 4.19. The van der Waals surface area contributed by atoms with Crippen molar-refractivity contribution in [1.29, 1.82) is 0 Å². The van der Waals surface area contributed by atoms with Gasteiger partial charge < -0.3 is 19.7 Å². The number of urea groups is 1. The lowest BCUT2D eigenvalue weighted by Gasteiger charge is -2.27. The van der Waals surface area contributed by atoms with Gasteiger partial charge in [0.05, 0.1) is 12.2 Å². The Hall–Kier alpha value is -3.94. The van der Waals surface area contributed by atoms with Crippen LogP contribution in [0.25, 0.3) is 0 Å². The molecule has 3 rings (SSSR count). The van der Waals surface area contributed by atoms with E-state index in [1.54, 1.807) is 4.90 Å². The normalized spacial score (nSPS) is 10.5. The number of amides is 3. The molecule has 3 amide bonds. The molecule has 3 aromatic rings. The van der Waals surface area contributed by atoms with Crippen molar-refractivity contribution in [2.24, 2.45) is 7.05 Å². The second-order valence-electron chi connectivity index (χ2n) is 7.57. The summed E-state index contributed by atoms with van der Waals surface area (Å²) in [5.41, 5.74) is 1.72. The Morgan fingerprint density at radius 3 is 2.42 bits per heavy atom. The maximum absolute atomic E-state index is 14.0. The van der Waals surface area contributed by atoms with E-state index in [2.05, 4.69) is 11.9 Å². The zero-order valence-electron chi connectivity index (χ0n) is 18.4. The van der Waals surface area contributed by atoms with Gasteiger partial charge in [-0.25, -0.2) is 13.6 Å². The molecular formula is C25H26F2N4O2. The zero-order chi connectivity index (χ0) is 23.8. The van der Waals surface area contributed by atoms with E-state index in [0.717, 1.165) is 23.4 Å². The van der Waals surface area contributed by atoms with Crippen molar-refractivity contribution in [2.45, 2.75) is 13.1 Å². The fourth-order valence-corrected chi connectivity index (χ4v) is 3.32. The SMILES string of the molecule is C=CCN(CC(=O)N(Cc1ccccc1)Cc1cccn1C)C(=O)Nc1ccc(F)cc1F. The number of carbonyl (C=O) groups excluding carboxylic acids is 2. The van der Waals surface area contributed by atoms with Crippen molar-refractivity contribution in [1.82, 2.24) is 14.4 Å². The number of rotatable bonds is 9. The Labute approximate surface area is 191 Å². The van der Waals surface area contributed by atoms with E-state index >= 15 is 0 Å². The maximum atomic E-state index is 14.0. The van der Waals surface area contributed by atoms with Gasteiger partial charge in [0.2, 0.25) is 5.91 Å². The lowest BCUT2D eigenvalue weighted by Crippen LogP contribution is -2.44. The van der Waals surface area contributed by atoms with Gasteiger partial charge >= 0.3 is 6.03 Å². The van der Waals surface area contributed by atoms with Crippen molar-refractivity contribution in [3.8, 4) is 0 Å². The Bertz CT molecular complexity index is 1110. The fraction of sp³-hybridized carbons (Fsp3) is 0.200. The first-order chi connectivity index (χ1) is 15.9. The molecule has 0 saturated carbocycles. The molecule has 0 radical (unpaired) electrons. The summed E-state index contributed by atoms with van der Waals surface area (Å²) in [6, 6.07) is 15.5. The van der Waals surface area contributed by atoms with E-state index in [1.165, 1.54) is 11.0 Å². The van der Waals surface area contributed by atoms with E-state index < -0.39 is 17.7 Å². The van der Waals surface area contributed by atoms with Crippen LogP contribution < -0.4 is 5.32 Å². The molecule has 172 valence electrons. The summed E-state index contributed by atoms with van der Waals surface area (Å²) in [6.07, 6.45) is 3.38. The molecule has 1 heterocycles. The van der Waals surface area contributed by atoms with Crippen molar-refractivity contribution >= 4 is 17.6 Å². The third-order valence-corrected chi connectivity index (χ3v) is 5.11. The molecule has 6 nitrogen and oxygen atoms in total. The number of halogens is 2. The van der Waals surface area contributed by atoms with Crippen LogP contribution in [0.2, 0.25) is 0 Å². The number of nitrogens with one attached hydrogen (secondary N) is 1. The van der Waals surface area contributed by atoms with E-state index in [0.29, 0.717) is 19.2 Å². The molecule has 1 aromatic heterocycles. The molecule has 33 heavy (non-hydrogen) atoms. The Morgan fingerprint density at radius 1 is 1.03 bits per heavy atom. The highest BCUT2D eigenvalue weighted by atomic mass is 19.1. The van der Waals surface area contributed by atoms with E-state index in [-0.39, 0.29) is 24.7 Å². The average molecular weight is 453 g/mol. The van der Waals surface area contributed by atoms with E-state index in [9.17, 15) is 18.4 Å². The summed E-state index contributed by atoms with van der Waals surface area (Å²) in [4.78, 5) is 28.9. The Kier molecular flexibility index (Phi) is 7.96. The van der Waals surface area contributed by atoms with Crippen LogP contribution in [0.5, 0.6) is 0 Å². The standard InChI is InChI=1S/C25H26F2N4O2/c1-3-13-30(25(33)28-23-12-11-20(26)15-22(23)27)18-24(32)31(16-19-8-5-4-6-9-19)17-21-10-7-14-29(21)2/h3-12,14-15H,1,13,16-18H2,2H3,(H,28,33). The number of aryl methyl sites for hydroxylation is 1. The predicted octanol–water partition coefficient (Wildman–Crippen LogP) is 4.55. The van der Waals surface area contributed by atoms with Crippen LogP contribution in [0.1, 0.15) is 11.3 Å². The quantitative estimate of drug-likeness (QED) is 0.484. The fourth-order valence-electron chi connectivity index (χ4n) is 3.32. The number of anilines is 1. The van der Waals surface area contributed by atoms with Gasteiger partial charge in [0.25, 0.3) is 0 Å². The van der Waals surface area contributed by atoms with Crippen LogP contribution in [0.4, 0.5) is 19.3 Å². The monoisotopic (exact) mass is 452 g/mol. The zero-order valence-corrected chi connectivity index (χ0v) is 18.4. The minimum atomic E-state index is -0.900. The molecule has 0 aliphatic heterocycles. The largest absolute Gasteiger partial charge is 0.353 e. The molecule has 8 heteroatoms. The summed E-state index contributed by atoms with van der Waals surface area (Å²) in [5.74, 6) is -1.93. The summed E-state index contributed by atoms with van der Waals surface area (Å²) < 4.78 is 29.1. The molecule has 0 spiro atoms. The van der Waals surface area contributed by atoms with Crippen LogP contribution >= 0.6 is 0 Å². The third kappa shape index (κ3) is 6.52. The molecule has 0 unspecified atom stereocenters. The average Bonchev–Trinajstić information content (AvgIpc) is 3.20. The second-order valence-corrected chi connectivity index (χ2v) is 7.57. The van der Waals surface area contributed by atoms with Crippen LogP contribution in [-0.2, 0) is 24.9 Å². The number of carbonyl (C=O) groups is 2. The number of aromatic nitrogens is 1. The van der Waals surface area contributed by atoms with E-state index in [1.807, 2.05) is 60.3 Å². The lowest BCUT2D eigenvalue weighted by atomic mass is 10.2. The van der Waals surface area contributed by atoms with Gasteiger partial charge in [0.15, 0.2) is 0 Å². The van der Waals surface area contributed by atoms with E-state index in [4.69, 9.17) is 0 Å². The molecule has 2 aromatic carbocycles. The van der Waals surface area contributed by atoms with Gasteiger partial charge in [0, 0.05) is 38.1 Å². The molecule has 0 atom stereocenters. The minimum Gasteiger partial charge on any atom is -0.353 e. The molecule has 0 saturated heterocycles. The smallest absolute Gasteiger partial charge is 0.322 e. The highest BCUT2D eigenvalue weighted by molar-refractivity contribution is 5.92.